The van der Waals surface area contributed by atoms with Crippen LogP contribution in [0.2, 0.25) is 0 Å². The first kappa shape index (κ1) is 16.2. The molecular weight excluding hydrogens is 308 g/mol. The van der Waals surface area contributed by atoms with Gasteiger partial charge in [0.15, 0.2) is 0 Å². The molecule has 5 heteroatoms. The first-order valence-corrected chi connectivity index (χ1v) is 9.53. The van der Waals surface area contributed by atoms with Crippen molar-refractivity contribution in [3.8, 4) is 0 Å². The van der Waals surface area contributed by atoms with E-state index in [2.05, 4.69) is 22.2 Å². The quantitative estimate of drug-likeness (QED) is 0.884. The highest BCUT2D eigenvalue weighted by atomic mass is 32.2. The third kappa shape index (κ3) is 3.99. The van der Waals surface area contributed by atoms with Gasteiger partial charge in [-0.25, -0.2) is 13.1 Å². The summed E-state index contributed by atoms with van der Waals surface area (Å²) in [5.41, 5.74) is 4.34. The highest BCUT2D eigenvalue weighted by Crippen LogP contribution is 2.22. The topological polar surface area (TPSA) is 58.2 Å². The van der Waals surface area contributed by atoms with E-state index in [0.29, 0.717) is 6.54 Å². The van der Waals surface area contributed by atoms with Gasteiger partial charge in [-0.05, 0) is 42.1 Å². The number of benzene rings is 2. The summed E-state index contributed by atoms with van der Waals surface area (Å²) >= 11 is 0. The molecular formula is C18H22N2O2S. The Balaban J connectivity index is 1.68. The molecule has 0 bridgehead atoms. The van der Waals surface area contributed by atoms with Crippen molar-refractivity contribution in [3.05, 3.63) is 70.8 Å². The van der Waals surface area contributed by atoms with Crippen molar-refractivity contribution in [3.63, 3.8) is 0 Å². The second-order valence-electron chi connectivity index (χ2n) is 5.99. The summed E-state index contributed by atoms with van der Waals surface area (Å²) < 4.78 is 27.5. The predicted octanol–water partition coefficient (Wildman–Crippen LogP) is 2.30. The molecule has 4 nitrogen and oxygen atoms in total. The molecule has 0 aliphatic carbocycles. The van der Waals surface area contributed by atoms with Gasteiger partial charge in [0.25, 0.3) is 0 Å². The zero-order valence-corrected chi connectivity index (χ0v) is 14.1. The number of hydrogen-bond donors (Lipinski definition) is 2. The Kier molecular flexibility index (Phi) is 4.80. The molecule has 0 saturated heterocycles. The SMILES string of the molecule is Cc1ccccc1CS(=O)(=O)NCC1NCCc2ccccc21. The first-order valence-electron chi connectivity index (χ1n) is 7.88. The molecule has 3 rings (SSSR count). The minimum Gasteiger partial charge on any atom is -0.308 e. The zero-order valence-electron chi connectivity index (χ0n) is 13.2. The van der Waals surface area contributed by atoms with Crippen LogP contribution >= 0.6 is 0 Å². The number of sulfonamides is 1. The highest BCUT2D eigenvalue weighted by Gasteiger charge is 2.21. The van der Waals surface area contributed by atoms with Gasteiger partial charge in [0.05, 0.1) is 5.75 Å². The Morgan fingerprint density at radius 3 is 2.70 bits per heavy atom. The van der Waals surface area contributed by atoms with E-state index in [1.165, 1.54) is 11.1 Å². The van der Waals surface area contributed by atoms with Gasteiger partial charge in [0.2, 0.25) is 10.0 Å². The molecule has 0 aromatic heterocycles. The molecule has 0 fully saturated rings. The number of aryl methyl sites for hydroxylation is 1. The standard InChI is InChI=1S/C18H22N2O2S/c1-14-6-2-3-8-16(14)13-23(21,22)20-12-18-17-9-5-4-7-15(17)10-11-19-18/h2-9,18-20H,10-13H2,1H3. The minimum atomic E-state index is -3.35. The summed E-state index contributed by atoms with van der Waals surface area (Å²) in [4.78, 5) is 0. The fourth-order valence-electron chi connectivity index (χ4n) is 3.01. The highest BCUT2D eigenvalue weighted by molar-refractivity contribution is 7.88. The van der Waals surface area contributed by atoms with Crippen molar-refractivity contribution < 1.29 is 8.42 Å². The Morgan fingerprint density at radius 1 is 1.13 bits per heavy atom. The maximum Gasteiger partial charge on any atom is 0.215 e. The van der Waals surface area contributed by atoms with Crippen LogP contribution in [-0.4, -0.2) is 21.5 Å². The summed E-state index contributed by atoms with van der Waals surface area (Å²) in [6.45, 7) is 3.19. The fraction of sp³-hybridized carbons (Fsp3) is 0.333. The first-order chi connectivity index (χ1) is 11.1. The van der Waals surface area contributed by atoms with Crippen molar-refractivity contribution in [1.82, 2.24) is 10.0 Å². The third-order valence-corrected chi connectivity index (χ3v) is 5.63. The van der Waals surface area contributed by atoms with E-state index >= 15 is 0 Å². The normalized spacial score (nSPS) is 17.7. The van der Waals surface area contributed by atoms with Gasteiger partial charge >= 0.3 is 0 Å². The lowest BCUT2D eigenvalue weighted by Crippen LogP contribution is -2.39. The maximum atomic E-state index is 12.4. The van der Waals surface area contributed by atoms with Crippen LogP contribution in [0.25, 0.3) is 0 Å². The molecule has 23 heavy (non-hydrogen) atoms. The van der Waals surface area contributed by atoms with Gasteiger partial charge in [-0.1, -0.05) is 48.5 Å². The average molecular weight is 330 g/mol. The Labute approximate surface area is 138 Å². The molecule has 1 aliphatic heterocycles. The monoisotopic (exact) mass is 330 g/mol. The Hall–Kier alpha value is -1.69. The van der Waals surface area contributed by atoms with Crippen LogP contribution < -0.4 is 10.0 Å². The summed E-state index contributed by atoms with van der Waals surface area (Å²) in [5, 5.41) is 3.40. The molecule has 1 atom stereocenters. The van der Waals surface area contributed by atoms with Crippen molar-refractivity contribution in [1.29, 1.82) is 0 Å². The number of rotatable bonds is 5. The molecule has 1 aliphatic rings. The second kappa shape index (κ2) is 6.83. The summed E-state index contributed by atoms with van der Waals surface area (Å²) in [6, 6.07) is 15.8. The lowest BCUT2D eigenvalue weighted by atomic mass is 9.95. The van der Waals surface area contributed by atoms with E-state index in [-0.39, 0.29) is 11.8 Å². The van der Waals surface area contributed by atoms with Crippen molar-refractivity contribution in [2.45, 2.75) is 25.1 Å². The van der Waals surface area contributed by atoms with Crippen LogP contribution in [0.1, 0.15) is 28.3 Å². The molecule has 0 radical (unpaired) electrons. The largest absolute Gasteiger partial charge is 0.308 e. The van der Waals surface area contributed by atoms with E-state index in [9.17, 15) is 8.42 Å². The molecule has 0 amide bonds. The van der Waals surface area contributed by atoms with Crippen molar-refractivity contribution >= 4 is 10.0 Å². The molecule has 0 spiro atoms. The van der Waals surface area contributed by atoms with Gasteiger partial charge in [-0.15, -0.1) is 0 Å². The molecule has 2 aromatic carbocycles. The summed E-state index contributed by atoms with van der Waals surface area (Å²) in [7, 11) is -3.35. The third-order valence-electron chi connectivity index (χ3n) is 4.33. The van der Waals surface area contributed by atoms with Gasteiger partial charge in [0.1, 0.15) is 0 Å². The van der Waals surface area contributed by atoms with Crippen LogP contribution in [0.3, 0.4) is 0 Å². The van der Waals surface area contributed by atoms with Gasteiger partial charge < -0.3 is 5.32 Å². The predicted molar refractivity (Wildman–Crippen MR) is 92.7 cm³/mol. The van der Waals surface area contributed by atoms with Gasteiger partial charge in [-0.3, -0.25) is 0 Å². The zero-order chi connectivity index (χ0) is 16.3. The van der Waals surface area contributed by atoms with Gasteiger partial charge in [-0.2, -0.15) is 0 Å². The van der Waals surface area contributed by atoms with E-state index in [0.717, 1.165) is 24.1 Å². The van der Waals surface area contributed by atoms with Crippen LogP contribution in [0, 0.1) is 6.92 Å². The van der Waals surface area contributed by atoms with Crippen LogP contribution in [-0.2, 0) is 22.2 Å². The van der Waals surface area contributed by atoms with Crippen LogP contribution in [0.5, 0.6) is 0 Å². The second-order valence-corrected chi connectivity index (χ2v) is 7.80. The van der Waals surface area contributed by atoms with Gasteiger partial charge in [0, 0.05) is 12.6 Å². The summed E-state index contributed by atoms with van der Waals surface area (Å²) in [5.74, 6) is 0.0219. The smallest absolute Gasteiger partial charge is 0.215 e. The van der Waals surface area contributed by atoms with Crippen LogP contribution in [0.4, 0.5) is 0 Å². The van der Waals surface area contributed by atoms with Crippen molar-refractivity contribution in [2.75, 3.05) is 13.1 Å². The van der Waals surface area contributed by atoms with E-state index in [1.807, 2.05) is 43.3 Å². The molecule has 2 N–H and O–H groups in total. The van der Waals surface area contributed by atoms with Crippen LogP contribution in [0.15, 0.2) is 48.5 Å². The van der Waals surface area contributed by atoms with Crippen molar-refractivity contribution in [2.24, 2.45) is 0 Å². The number of fused-ring (bicyclic) bond motifs is 1. The maximum absolute atomic E-state index is 12.4. The van der Waals surface area contributed by atoms with E-state index in [4.69, 9.17) is 0 Å². The minimum absolute atomic E-state index is 0.0219. The molecule has 2 aromatic rings. The summed E-state index contributed by atoms with van der Waals surface area (Å²) in [6.07, 6.45) is 0.989. The lowest BCUT2D eigenvalue weighted by molar-refractivity contribution is 0.491. The molecule has 1 heterocycles. The lowest BCUT2D eigenvalue weighted by Gasteiger charge is -2.27. The fourth-order valence-corrected chi connectivity index (χ4v) is 4.27. The average Bonchev–Trinajstić information content (AvgIpc) is 2.55. The van der Waals surface area contributed by atoms with E-state index in [1.54, 1.807) is 0 Å². The Bertz CT molecular complexity index is 787. The molecule has 122 valence electrons. The molecule has 1 unspecified atom stereocenters. The molecule has 0 saturated carbocycles. The number of nitrogens with one attached hydrogen (secondary N) is 2. The number of hydrogen-bond acceptors (Lipinski definition) is 3. The van der Waals surface area contributed by atoms with E-state index < -0.39 is 10.0 Å². The Morgan fingerprint density at radius 2 is 1.87 bits per heavy atom.